The minimum Gasteiger partial charge on any atom is -0.299 e. The first-order valence-corrected chi connectivity index (χ1v) is 9.45. The fourth-order valence-electron chi connectivity index (χ4n) is 4.97. The molecule has 1 aliphatic carbocycles. The van der Waals surface area contributed by atoms with Crippen LogP contribution >= 0.6 is 0 Å². The van der Waals surface area contributed by atoms with Crippen LogP contribution in [0.3, 0.4) is 0 Å². The average Bonchev–Trinajstić information content (AvgIpc) is 2.99. The smallest absolute Gasteiger partial charge is 0.299 e. The van der Waals surface area contributed by atoms with E-state index in [4.69, 9.17) is 0 Å². The van der Waals surface area contributed by atoms with Crippen molar-refractivity contribution in [3.63, 3.8) is 0 Å². The van der Waals surface area contributed by atoms with Crippen LogP contribution in [0.5, 0.6) is 0 Å². The maximum atomic E-state index is 13.0. The van der Waals surface area contributed by atoms with Crippen molar-refractivity contribution < 1.29 is 13.2 Å². The van der Waals surface area contributed by atoms with Crippen LogP contribution in [0.1, 0.15) is 41.5 Å². The van der Waals surface area contributed by atoms with Crippen molar-refractivity contribution in [2.75, 3.05) is 13.1 Å². The second-order valence-corrected chi connectivity index (χ2v) is 7.57. The molecule has 1 aliphatic heterocycles. The topological polar surface area (TPSA) is 3.24 Å². The number of aryl methyl sites for hydroxylation is 1. The summed E-state index contributed by atoms with van der Waals surface area (Å²) in [5.74, 6) is 0.883. The quantitative estimate of drug-likeness (QED) is 0.719. The van der Waals surface area contributed by atoms with E-state index in [2.05, 4.69) is 36.1 Å². The molecule has 0 bridgehead atoms. The summed E-state index contributed by atoms with van der Waals surface area (Å²) >= 11 is 0. The van der Waals surface area contributed by atoms with Gasteiger partial charge in [0.1, 0.15) is 0 Å². The van der Waals surface area contributed by atoms with Crippen molar-refractivity contribution in [1.29, 1.82) is 0 Å². The summed E-state index contributed by atoms with van der Waals surface area (Å²) in [7, 11) is 0. The molecule has 3 unspecified atom stereocenters. The van der Waals surface area contributed by atoms with Crippen molar-refractivity contribution in [3.05, 3.63) is 70.8 Å². The molecule has 3 atom stereocenters. The first kappa shape index (κ1) is 17.6. The number of alkyl halides is 3. The number of likely N-dealkylation sites (N-methyl/N-ethyl adjacent to an activating group) is 1. The lowest BCUT2D eigenvalue weighted by Crippen LogP contribution is -2.35. The van der Waals surface area contributed by atoms with Gasteiger partial charge >= 0.3 is 6.18 Å². The molecule has 0 amide bonds. The lowest BCUT2D eigenvalue weighted by Gasteiger charge is -2.32. The molecule has 1 heterocycles. The van der Waals surface area contributed by atoms with Gasteiger partial charge in [-0.1, -0.05) is 43.3 Å². The van der Waals surface area contributed by atoms with E-state index in [1.165, 1.54) is 17.7 Å². The Balaban J connectivity index is 1.62. The Bertz CT molecular complexity index is 769. The summed E-state index contributed by atoms with van der Waals surface area (Å²) in [5.41, 5.74) is 2.87. The zero-order valence-corrected chi connectivity index (χ0v) is 15.0. The van der Waals surface area contributed by atoms with Crippen LogP contribution in [0.2, 0.25) is 0 Å². The first-order chi connectivity index (χ1) is 12.5. The van der Waals surface area contributed by atoms with Gasteiger partial charge in [0.2, 0.25) is 0 Å². The Morgan fingerprint density at radius 2 is 1.85 bits per heavy atom. The van der Waals surface area contributed by atoms with E-state index < -0.39 is 11.7 Å². The zero-order chi connectivity index (χ0) is 18.3. The highest BCUT2D eigenvalue weighted by molar-refractivity contribution is 5.40. The number of benzene rings is 2. The summed E-state index contributed by atoms with van der Waals surface area (Å²) in [4.78, 5) is 2.52. The van der Waals surface area contributed by atoms with Crippen molar-refractivity contribution in [3.8, 4) is 0 Å². The Morgan fingerprint density at radius 3 is 2.54 bits per heavy atom. The van der Waals surface area contributed by atoms with Crippen molar-refractivity contribution in [2.24, 2.45) is 5.92 Å². The zero-order valence-electron chi connectivity index (χ0n) is 15.0. The molecule has 2 aromatic carbocycles. The number of halogens is 3. The highest BCUT2D eigenvalue weighted by atomic mass is 19.4. The van der Waals surface area contributed by atoms with Gasteiger partial charge in [0.25, 0.3) is 0 Å². The van der Waals surface area contributed by atoms with Gasteiger partial charge in [0.15, 0.2) is 0 Å². The average molecular weight is 359 g/mol. The molecule has 0 spiro atoms. The maximum Gasteiger partial charge on any atom is 0.416 e. The van der Waals surface area contributed by atoms with Gasteiger partial charge in [0.05, 0.1) is 5.56 Å². The largest absolute Gasteiger partial charge is 0.416 e. The van der Waals surface area contributed by atoms with Gasteiger partial charge in [-0.05, 0) is 60.5 Å². The monoisotopic (exact) mass is 359 g/mol. The molecule has 4 rings (SSSR count). The molecule has 2 aromatic rings. The predicted octanol–water partition coefficient (Wildman–Crippen LogP) is 5.30. The molecular formula is C22H24F3N. The number of hydrogen-bond acceptors (Lipinski definition) is 1. The number of nitrogens with zero attached hydrogens (tertiary/aromatic N) is 1. The van der Waals surface area contributed by atoms with Crippen LogP contribution in [0.15, 0.2) is 48.5 Å². The van der Waals surface area contributed by atoms with E-state index in [-0.39, 0.29) is 0 Å². The first-order valence-electron chi connectivity index (χ1n) is 9.45. The minimum absolute atomic E-state index is 0.356. The molecule has 4 heteroatoms. The summed E-state index contributed by atoms with van der Waals surface area (Å²) in [6.07, 6.45) is -1.51. The molecule has 0 N–H and O–H groups in total. The standard InChI is InChI=1S/C22H24F3N/c1-2-26-14-20-18-11-9-17(22(23,24)25)13-16(18)8-10-19(20)21(26)12-15-6-4-3-5-7-15/h3-7,9,11,13,19-21H,2,8,10,12,14H2,1H3. The Morgan fingerprint density at radius 1 is 1.08 bits per heavy atom. The highest BCUT2D eigenvalue weighted by Gasteiger charge is 2.44. The molecule has 138 valence electrons. The fourth-order valence-corrected chi connectivity index (χ4v) is 4.97. The second kappa shape index (κ2) is 6.73. The third kappa shape index (κ3) is 3.16. The summed E-state index contributed by atoms with van der Waals surface area (Å²) < 4.78 is 39.1. The van der Waals surface area contributed by atoms with Crippen LogP contribution in [-0.2, 0) is 19.0 Å². The third-order valence-corrected chi connectivity index (χ3v) is 6.22. The van der Waals surface area contributed by atoms with E-state index in [1.807, 2.05) is 6.07 Å². The van der Waals surface area contributed by atoms with Gasteiger partial charge in [-0.2, -0.15) is 13.2 Å². The Kier molecular flexibility index (Phi) is 4.55. The van der Waals surface area contributed by atoms with Crippen LogP contribution in [0.25, 0.3) is 0 Å². The van der Waals surface area contributed by atoms with Crippen molar-refractivity contribution in [2.45, 2.75) is 44.3 Å². The predicted molar refractivity (Wildman–Crippen MR) is 97.2 cm³/mol. The van der Waals surface area contributed by atoms with Gasteiger partial charge < -0.3 is 0 Å². The Hall–Kier alpha value is -1.81. The summed E-state index contributed by atoms with van der Waals surface area (Å²) in [6.45, 7) is 4.13. The molecule has 1 nitrogen and oxygen atoms in total. The normalized spacial score (nSPS) is 25.8. The van der Waals surface area contributed by atoms with Crippen LogP contribution in [0, 0.1) is 5.92 Å². The SMILES string of the molecule is CCN1CC2c3ccc(C(F)(F)F)cc3CCC2C1Cc1ccccc1. The van der Waals surface area contributed by atoms with Crippen LogP contribution in [0.4, 0.5) is 13.2 Å². The van der Waals surface area contributed by atoms with E-state index in [9.17, 15) is 13.2 Å². The van der Waals surface area contributed by atoms with Gasteiger partial charge in [0, 0.05) is 18.5 Å². The second-order valence-electron chi connectivity index (χ2n) is 7.57. The number of likely N-dealkylation sites (tertiary alicyclic amines) is 1. The highest BCUT2D eigenvalue weighted by Crippen LogP contribution is 2.46. The lowest BCUT2D eigenvalue weighted by molar-refractivity contribution is -0.137. The fraction of sp³-hybridized carbons (Fsp3) is 0.455. The van der Waals surface area contributed by atoms with Gasteiger partial charge in [-0.25, -0.2) is 0 Å². The molecule has 26 heavy (non-hydrogen) atoms. The van der Waals surface area contributed by atoms with Crippen LogP contribution in [-0.4, -0.2) is 24.0 Å². The summed E-state index contributed by atoms with van der Waals surface area (Å²) in [5, 5.41) is 0. The molecule has 0 saturated carbocycles. The molecular weight excluding hydrogens is 335 g/mol. The van der Waals surface area contributed by atoms with Crippen LogP contribution < -0.4 is 0 Å². The Labute approximate surface area is 152 Å². The maximum absolute atomic E-state index is 13.0. The number of rotatable bonds is 3. The minimum atomic E-state index is -4.26. The summed E-state index contributed by atoms with van der Waals surface area (Å²) in [6, 6.07) is 15.4. The molecule has 0 radical (unpaired) electrons. The number of fused-ring (bicyclic) bond motifs is 3. The van der Waals surface area contributed by atoms with E-state index in [0.29, 0.717) is 17.9 Å². The lowest BCUT2D eigenvalue weighted by atomic mass is 9.73. The molecule has 0 aromatic heterocycles. The third-order valence-electron chi connectivity index (χ3n) is 6.22. The van der Waals surface area contributed by atoms with E-state index in [0.717, 1.165) is 43.5 Å². The van der Waals surface area contributed by atoms with E-state index in [1.54, 1.807) is 6.07 Å². The van der Waals surface area contributed by atoms with E-state index >= 15 is 0 Å². The van der Waals surface area contributed by atoms with Crippen molar-refractivity contribution >= 4 is 0 Å². The van der Waals surface area contributed by atoms with Gasteiger partial charge in [-0.15, -0.1) is 0 Å². The van der Waals surface area contributed by atoms with Crippen molar-refractivity contribution in [1.82, 2.24) is 4.90 Å². The number of hydrogen-bond donors (Lipinski definition) is 0. The molecule has 1 saturated heterocycles. The van der Waals surface area contributed by atoms with Gasteiger partial charge in [-0.3, -0.25) is 4.90 Å². The molecule has 1 fully saturated rings. The molecule has 2 aliphatic rings.